The van der Waals surface area contributed by atoms with E-state index in [4.69, 9.17) is 14.2 Å². The molecule has 31 heavy (non-hydrogen) atoms. The maximum absolute atomic E-state index is 12.0. The third-order valence-electron chi connectivity index (χ3n) is 4.70. The first-order valence-corrected chi connectivity index (χ1v) is 9.19. The average molecular weight is 438 g/mol. The largest absolute Gasteiger partial charge is 0.504 e. The molecule has 1 fully saturated rings. The Labute approximate surface area is 175 Å². The second-order valence-corrected chi connectivity index (χ2v) is 6.90. The molecule has 3 rings (SSSR count). The number of phenols is 3. The van der Waals surface area contributed by atoms with E-state index in [0.29, 0.717) is 5.56 Å². The molecule has 0 aliphatic carbocycles. The van der Waals surface area contributed by atoms with E-state index in [1.165, 1.54) is 24.3 Å². The van der Waals surface area contributed by atoms with Crippen LogP contribution < -0.4 is 4.74 Å². The van der Waals surface area contributed by atoms with Crippen molar-refractivity contribution in [2.75, 3.05) is 6.61 Å². The van der Waals surface area contributed by atoms with Crippen molar-refractivity contribution in [2.45, 2.75) is 37.3 Å². The zero-order valence-electron chi connectivity index (χ0n) is 16.0. The molecule has 2 aromatic carbocycles. The number of benzene rings is 2. The van der Waals surface area contributed by atoms with Crippen molar-refractivity contribution in [3.8, 4) is 23.0 Å². The van der Waals surface area contributed by atoms with Gasteiger partial charge in [-0.1, -0.05) is 6.07 Å². The van der Waals surface area contributed by atoms with E-state index in [2.05, 4.69) is 0 Å². The number of aliphatic hydroxyl groups excluding tert-OH is 4. The fourth-order valence-corrected chi connectivity index (χ4v) is 2.92. The van der Waals surface area contributed by atoms with Gasteiger partial charge in [-0.05, 0) is 35.9 Å². The van der Waals surface area contributed by atoms with E-state index in [0.717, 1.165) is 12.1 Å². The summed E-state index contributed by atoms with van der Waals surface area (Å²) in [5.41, 5.74) is 0.400. The zero-order valence-corrected chi connectivity index (χ0v) is 16.0. The van der Waals surface area contributed by atoms with Gasteiger partial charge < -0.3 is 50.0 Å². The molecule has 1 aliphatic heterocycles. The van der Waals surface area contributed by atoms with E-state index in [1.54, 1.807) is 0 Å². The van der Waals surface area contributed by atoms with Crippen LogP contribution in [0.5, 0.6) is 23.0 Å². The number of carbonyl (C=O) groups is 1. The Morgan fingerprint density at radius 1 is 0.903 bits per heavy atom. The second-order valence-electron chi connectivity index (χ2n) is 6.90. The fourth-order valence-electron chi connectivity index (χ4n) is 2.92. The van der Waals surface area contributed by atoms with Crippen LogP contribution in [0.1, 0.15) is 15.9 Å². The summed E-state index contributed by atoms with van der Waals surface area (Å²) in [6.45, 7) is -0.853. The minimum absolute atomic E-state index is 0.0158. The molecular formula is C20H22O11. The first-order chi connectivity index (χ1) is 14.7. The van der Waals surface area contributed by atoms with Crippen LogP contribution in [0, 0.1) is 0 Å². The Balaban J connectivity index is 1.63. The Bertz CT molecular complexity index is 929. The lowest BCUT2D eigenvalue weighted by molar-refractivity contribution is -0.277. The Morgan fingerprint density at radius 2 is 1.65 bits per heavy atom. The van der Waals surface area contributed by atoms with E-state index in [9.17, 15) is 40.5 Å². The predicted octanol–water partition coefficient (Wildman–Crippen LogP) is -0.661. The maximum atomic E-state index is 12.0. The van der Waals surface area contributed by atoms with Crippen molar-refractivity contribution in [1.29, 1.82) is 0 Å². The third kappa shape index (κ3) is 4.98. The highest BCUT2D eigenvalue weighted by atomic mass is 16.7. The van der Waals surface area contributed by atoms with Crippen LogP contribution in [-0.2, 0) is 16.1 Å². The lowest BCUT2D eigenvalue weighted by Crippen LogP contribution is -2.60. The van der Waals surface area contributed by atoms with E-state index in [-0.39, 0.29) is 29.4 Å². The van der Waals surface area contributed by atoms with Gasteiger partial charge in [-0.15, -0.1) is 0 Å². The maximum Gasteiger partial charge on any atom is 0.338 e. The number of aromatic hydroxyl groups is 3. The molecule has 7 N–H and O–H groups in total. The molecule has 0 bridgehead atoms. The number of carbonyl (C=O) groups excluding carboxylic acids is 1. The molecule has 11 nitrogen and oxygen atoms in total. The van der Waals surface area contributed by atoms with Crippen LogP contribution in [0.3, 0.4) is 0 Å². The summed E-state index contributed by atoms with van der Waals surface area (Å²) >= 11 is 0. The lowest BCUT2D eigenvalue weighted by atomic mass is 9.99. The highest BCUT2D eigenvalue weighted by molar-refractivity contribution is 5.90. The van der Waals surface area contributed by atoms with Gasteiger partial charge in [-0.3, -0.25) is 0 Å². The van der Waals surface area contributed by atoms with Gasteiger partial charge in [-0.2, -0.15) is 0 Å². The molecule has 1 aliphatic rings. The zero-order chi connectivity index (χ0) is 22.7. The number of phenolic OH excluding ortho intramolecular Hbond substituents is 3. The molecule has 0 amide bonds. The van der Waals surface area contributed by atoms with Crippen molar-refractivity contribution in [3.05, 3.63) is 47.5 Å². The topological polar surface area (TPSA) is 186 Å². The van der Waals surface area contributed by atoms with Crippen LogP contribution >= 0.6 is 0 Å². The SMILES string of the molecule is O=C(OCc1ccc(O[C@H]2O[C@H](CO)[C@@H](O)[C@H](O)[C@H]2O)c(O)c1)c1ccc(O)c(O)c1. The van der Waals surface area contributed by atoms with Crippen molar-refractivity contribution < 1.29 is 54.8 Å². The van der Waals surface area contributed by atoms with Crippen LogP contribution in [0.4, 0.5) is 0 Å². The van der Waals surface area contributed by atoms with E-state index >= 15 is 0 Å². The monoisotopic (exact) mass is 438 g/mol. The molecule has 0 saturated carbocycles. The van der Waals surface area contributed by atoms with Gasteiger partial charge in [0.25, 0.3) is 0 Å². The number of hydrogen-bond acceptors (Lipinski definition) is 11. The number of hydrogen-bond donors (Lipinski definition) is 7. The minimum Gasteiger partial charge on any atom is -0.504 e. The van der Waals surface area contributed by atoms with Gasteiger partial charge in [0.2, 0.25) is 6.29 Å². The number of rotatable bonds is 6. The van der Waals surface area contributed by atoms with Gasteiger partial charge in [0.15, 0.2) is 23.0 Å². The Kier molecular flexibility index (Phi) is 6.83. The van der Waals surface area contributed by atoms with E-state index < -0.39 is 49.0 Å². The van der Waals surface area contributed by atoms with Gasteiger partial charge in [0, 0.05) is 0 Å². The van der Waals surface area contributed by atoms with Gasteiger partial charge >= 0.3 is 5.97 Å². The normalized spacial score (nSPS) is 25.7. The molecule has 1 saturated heterocycles. The van der Waals surface area contributed by atoms with E-state index in [1.807, 2.05) is 0 Å². The summed E-state index contributed by atoms with van der Waals surface area (Å²) in [5.74, 6) is -2.12. The van der Waals surface area contributed by atoms with Gasteiger partial charge in [0.05, 0.1) is 12.2 Å². The van der Waals surface area contributed by atoms with Crippen molar-refractivity contribution >= 4 is 5.97 Å². The fraction of sp³-hybridized carbons (Fsp3) is 0.350. The van der Waals surface area contributed by atoms with Crippen LogP contribution in [0.15, 0.2) is 36.4 Å². The molecule has 0 aromatic heterocycles. The minimum atomic E-state index is -1.64. The highest BCUT2D eigenvalue weighted by Gasteiger charge is 2.44. The molecule has 0 radical (unpaired) electrons. The van der Waals surface area contributed by atoms with Gasteiger partial charge in [-0.25, -0.2) is 4.79 Å². The highest BCUT2D eigenvalue weighted by Crippen LogP contribution is 2.31. The number of esters is 1. The molecule has 11 heteroatoms. The number of aliphatic hydroxyl groups is 4. The van der Waals surface area contributed by atoms with Crippen LogP contribution in [-0.4, -0.2) is 79.0 Å². The molecule has 5 atom stereocenters. The van der Waals surface area contributed by atoms with Crippen molar-refractivity contribution in [3.63, 3.8) is 0 Å². The second kappa shape index (κ2) is 9.37. The summed E-state index contributed by atoms with van der Waals surface area (Å²) in [4.78, 5) is 12.0. The lowest BCUT2D eigenvalue weighted by Gasteiger charge is -2.39. The molecule has 1 heterocycles. The third-order valence-corrected chi connectivity index (χ3v) is 4.70. The Hall–Kier alpha value is -3.09. The molecule has 2 aromatic rings. The number of ether oxygens (including phenoxy) is 3. The summed E-state index contributed by atoms with van der Waals surface area (Å²) < 4.78 is 15.7. The standard InChI is InChI=1S/C20H22O11/c21-7-15-16(25)17(26)18(27)20(31-15)30-14-4-1-9(5-13(14)24)8-29-19(28)10-2-3-11(22)12(23)6-10/h1-6,15-18,20-27H,7-8H2/t15-,16-,17+,18-,20+/m1/s1. The first kappa shape index (κ1) is 22.6. The molecule has 0 spiro atoms. The quantitative estimate of drug-likeness (QED) is 0.224. The van der Waals surface area contributed by atoms with Crippen LogP contribution in [0.25, 0.3) is 0 Å². The molecule has 168 valence electrons. The molecular weight excluding hydrogens is 416 g/mol. The first-order valence-electron chi connectivity index (χ1n) is 9.19. The smallest absolute Gasteiger partial charge is 0.338 e. The summed E-state index contributed by atoms with van der Waals surface area (Å²) in [6, 6.07) is 7.47. The summed E-state index contributed by atoms with van der Waals surface area (Å²) in [5, 5.41) is 67.7. The summed E-state index contributed by atoms with van der Waals surface area (Å²) in [7, 11) is 0. The van der Waals surface area contributed by atoms with Crippen molar-refractivity contribution in [2.24, 2.45) is 0 Å². The molecule has 0 unspecified atom stereocenters. The average Bonchev–Trinajstić information content (AvgIpc) is 2.75. The van der Waals surface area contributed by atoms with Gasteiger partial charge in [0.1, 0.15) is 31.0 Å². The Morgan fingerprint density at radius 3 is 2.29 bits per heavy atom. The predicted molar refractivity (Wildman–Crippen MR) is 101 cm³/mol. The van der Waals surface area contributed by atoms with Crippen molar-refractivity contribution in [1.82, 2.24) is 0 Å². The summed E-state index contributed by atoms with van der Waals surface area (Å²) in [6.07, 6.45) is -7.44. The van der Waals surface area contributed by atoms with Crippen LogP contribution in [0.2, 0.25) is 0 Å².